The minimum Gasteiger partial charge on any atom is -0.459 e. The van der Waals surface area contributed by atoms with Crippen molar-refractivity contribution in [3.05, 3.63) is 82.5 Å². The molecule has 1 amide bonds. The number of nitriles is 1. The molecule has 158 valence electrons. The molecule has 2 aromatic rings. The molecule has 1 aliphatic heterocycles. The van der Waals surface area contributed by atoms with E-state index >= 15 is 0 Å². The van der Waals surface area contributed by atoms with Crippen LogP contribution in [0.1, 0.15) is 48.7 Å². The van der Waals surface area contributed by atoms with E-state index in [0.29, 0.717) is 12.1 Å². The number of carbonyl (C=O) groups is 2. The number of nitrogens with one attached hydrogen (secondary N) is 1. The molecule has 0 saturated heterocycles. The zero-order valence-corrected chi connectivity index (χ0v) is 17.1. The molecular weight excluding hydrogens is 399 g/mol. The monoisotopic (exact) mass is 420 g/mol. The highest BCUT2D eigenvalue weighted by molar-refractivity contribution is 6.00. The minimum atomic E-state index is -0.943. The number of rotatable bonds is 3. The fourth-order valence-electron chi connectivity index (χ4n) is 4.22. The van der Waals surface area contributed by atoms with Crippen LogP contribution in [0.4, 0.5) is 4.39 Å². The van der Waals surface area contributed by atoms with Crippen LogP contribution in [0, 0.1) is 22.6 Å². The first kappa shape index (κ1) is 20.4. The number of amides is 1. The minimum absolute atomic E-state index is 0.00310. The predicted octanol–water partition coefficient (Wildman–Crippen LogP) is 3.50. The van der Waals surface area contributed by atoms with E-state index in [4.69, 9.17) is 10.2 Å². The second-order valence-corrected chi connectivity index (χ2v) is 8.42. The van der Waals surface area contributed by atoms with Crippen LogP contribution in [0.3, 0.4) is 0 Å². The number of carbonyl (C=O) groups excluding carboxylic acids is 2. The Kier molecular flexibility index (Phi) is 4.90. The van der Waals surface area contributed by atoms with Crippen LogP contribution in [0.5, 0.6) is 0 Å². The summed E-state index contributed by atoms with van der Waals surface area (Å²) in [6, 6.07) is 11.1. The van der Waals surface area contributed by atoms with Gasteiger partial charge in [0.15, 0.2) is 11.5 Å². The van der Waals surface area contributed by atoms with Gasteiger partial charge in [-0.1, -0.05) is 32.0 Å². The van der Waals surface area contributed by atoms with Crippen LogP contribution < -0.4 is 11.2 Å². The highest BCUT2D eigenvalue weighted by atomic mass is 19.1. The van der Waals surface area contributed by atoms with Gasteiger partial charge >= 0.3 is 5.91 Å². The first-order valence-electron chi connectivity index (χ1n) is 9.78. The van der Waals surface area contributed by atoms with E-state index < -0.39 is 23.1 Å². The largest absolute Gasteiger partial charge is 0.459 e. The lowest BCUT2D eigenvalue weighted by atomic mass is 9.69. The lowest BCUT2D eigenvalue weighted by molar-refractivity contribution is -0.118. The SMILES string of the molecule is CC1(C)CC(=O)C2=C(C1)N(NC(=O)c1ccco1)C(N)=C(C#N)C2c1ccccc1F. The van der Waals surface area contributed by atoms with Crippen molar-refractivity contribution < 1.29 is 18.4 Å². The highest BCUT2D eigenvalue weighted by Gasteiger charge is 2.45. The van der Waals surface area contributed by atoms with Crippen LogP contribution in [0.2, 0.25) is 0 Å². The molecule has 2 heterocycles. The first-order chi connectivity index (χ1) is 14.7. The Hall–Kier alpha value is -3.86. The highest BCUT2D eigenvalue weighted by Crippen LogP contribution is 2.48. The summed E-state index contributed by atoms with van der Waals surface area (Å²) >= 11 is 0. The zero-order chi connectivity index (χ0) is 22.3. The van der Waals surface area contributed by atoms with Gasteiger partial charge in [-0.3, -0.25) is 15.0 Å². The van der Waals surface area contributed by atoms with Gasteiger partial charge in [-0.2, -0.15) is 5.26 Å². The molecule has 0 bridgehead atoms. The predicted molar refractivity (Wildman–Crippen MR) is 109 cm³/mol. The van der Waals surface area contributed by atoms with Gasteiger partial charge in [0.2, 0.25) is 0 Å². The van der Waals surface area contributed by atoms with Gasteiger partial charge in [0.05, 0.1) is 29.5 Å². The Labute approximate surface area is 178 Å². The number of hydrogen-bond acceptors (Lipinski definition) is 6. The summed E-state index contributed by atoms with van der Waals surface area (Å²) in [4.78, 5) is 25.9. The summed E-state index contributed by atoms with van der Waals surface area (Å²) in [5, 5.41) is 11.2. The molecule has 4 rings (SSSR count). The maximum absolute atomic E-state index is 14.7. The smallest absolute Gasteiger partial charge is 0.305 e. The molecule has 1 aromatic carbocycles. The number of Topliss-reactive ketones (excluding diaryl/α,β-unsaturated/α-hetero) is 1. The van der Waals surface area contributed by atoms with Crippen molar-refractivity contribution in [3.63, 3.8) is 0 Å². The Morgan fingerprint density at radius 3 is 2.68 bits per heavy atom. The average Bonchev–Trinajstić information content (AvgIpc) is 3.24. The first-order valence-corrected chi connectivity index (χ1v) is 9.78. The van der Waals surface area contributed by atoms with Gasteiger partial charge < -0.3 is 10.2 Å². The van der Waals surface area contributed by atoms with Crippen LogP contribution >= 0.6 is 0 Å². The van der Waals surface area contributed by atoms with Crippen molar-refractivity contribution in [2.75, 3.05) is 0 Å². The zero-order valence-electron chi connectivity index (χ0n) is 17.1. The molecule has 1 atom stereocenters. The summed E-state index contributed by atoms with van der Waals surface area (Å²) < 4.78 is 19.9. The van der Waals surface area contributed by atoms with Crippen LogP contribution in [-0.4, -0.2) is 16.7 Å². The summed E-state index contributed by atoms with van der Waals surface area (Å²) in [6.07, 6.45) is 1.99. The third-order valence-electron chi connectivity index (χ3n) is 5.56. The molecule has 8 heteroatoms. The number of allylic oxidation sites excluding steroid dienone is 3. The van der Waals surface area contributed by atoms with Gasteiger partial charge in [0, 0.05) is 17.6 Å². The van der Waals surface area contributed by atoms with Crippen molar-refractivity contribution in [3.8, 4) is 6.07 Å². The molecule has 0 fully saturated rings. The van der Waals surface area contributed by atoms with Crippen molar-refractivity contribution in [2.45, 2.75) is 32.6 Å². The van der Waals surface area contributed by atoms with Crippen molar-refractivity contribution in [1.82, 2.24) is 10.4 Å². The molecule has 1 aliphatic carbocycles. The average molecular weight is 420 g/mol. The van der Waals surface area contributed by atoms with Crippen LogP contribution in [-0.2, 0) is 4.79 Å². The van der Waals surface area contributed by atoms with Crippen molar-refractivity contribution in [2.24, 2.45) is 11.1 Å². The lowest BCUT2D eigenvalue weighted by Gasteiger charge is -2.43. The van der Waals surface area contributed by atoms with E-state index in [2.05, 4.69) is 5.43 Å². The second kappa shape index (κ2) is 7.43. The molecule has 0 radical (unpaired) electrons. The van der Waals surface area contributed by atoms with E-state index in [9.17, 15) is 19.2 Å². The van der Waals surface area contributed by atoms with Gasteiger partial charge in [0.1, 0.15) is 11.6 Å². The standard InChI is InChI=1S/C23H21FN4O3/c1-23(2)10-16-20(17(29)11-23)19(13-6-3-4-7-15(13)24)14(12-25)21(26)28(16)27-22(30)18-8-5-9-31-18/h3-9,19H,10-11,26H2,1-2H3,(H,27,30). The second-order valence-electron chi connectivity index (χ2n) is 8.42. The topological polar surface area (TPSA) is 112 Å². The lowest BCUT2D eigenvalue weighted by Crippen LogP contribution is -2.49. The summed E-state index contributed by atoms with van der Waals surface area (Å²) in [5.74, 6) is -2.28. The number of benzene rings is 1. The summed E-state index contributed by atoms with van der Waals surface area (Å²) in [6.45, 7) is 3.86. The number of nitrogens with zero attached hydrogens (tertiary/aromatic N) is 2. The van der Waals surface area contributed by atoms with Crippen molar-refractivity contribution >= 4 is 11.7 Å². The molecule has 1 unspecified atom stereocenters. The molecule has 31 heavy (non-hydrogen) atoms. The van der Waals surface area contributed by atoms with E-state index in [1.54, 1.807) is 18.2 Å². The maximum atomic E-state index is 14.7. The quantitative estimate of drug-likeness (QED) is 0.786. The maximum Gasteiger partial charge on any atom is 0.305 e. The number of nitrogens with two attached hydrogens (primary N) is 1. The van der Waals surface area contributed by atoms with Gasteiger partial charge in [-0.15, -0.1) is 0 Å². The fraction of sp³-hybridized carbons (Fsp3) is 0.261. The summed E-state index contributed by atoms with van der Waals surface area (Å²) in [7, 11) is 0. The molecule has 0 saturated carbocycles. The van der Waals surface area contributed by atoms with E-state index in [0.717, 1.165) is 0 Å². The van der Waals surface area contributed by atoms with Crippen LogP contribution in [0.25, 0.3) is 0 Å². The van der Waals surface area contributed by atoms with E-state index in [-0.39, 0.29) is 40.5 Å². The number of furan rings is 1. The van der Waals surface area contributed by atoms with Gasteiger partial charge in [-0.05, 0) is 30.0 Å². The molecule has 3 N–H and O–H groups in total. The number of hydrazine groups is 1. The number of ketones is 1. The normalized spacial score (nSPS) is 20.4. The molecule has 1 aromatic heterocycles. The fourth-order valence-corrected chi connectivity index (χ4v) is 4.22. The van der Waals surface area contributed by atoms with E-state index in [1.165, 1.54) is 29.5 Å². The van der Waals surface area contributed by atoms with Crippen LogP contribution in [0.15, 0.2) is 69.7 Å². The summed E-state index contributed by atoms with van der Waals surface area (Å²) in [5.41, 5.74) is 9.47. The van der Waals surface area contributed by atoms with Gasteiger partial charge in [0.25, 0.3) is 0 Å². The Bertz CT molecular complexity index is 1170. The molecular formula is C23H21FN4O3. The molecule has 7 nitrogen and oxygen atoms in total. The Morgan fingerprint density at radius 1 is 1.29 bits per heavy atom. The molecule has 0 spiro atoms. The Balaban J connectivity index is 1.90. The third kappa shape index (κ3) is 3.48. The molecule has 2 aliphatic rings. The van der Waals surface area contributed by atoms with Crippen molar-refractivity contribution in [1.29, 1.82) is 5.26 Å². The van der Waals surface area contributed by atoms with E-state index in [1.807, 2.05) is 19.9 Å². The Morgan fingerprint density at radius 2 is 2.03 bits per heavy atom. The van der Waals surface area contributed by atoms with Gasteiger partial charge in [-0.25, -0.2) is 9.40 Å². The third-order valence-corrected chi connectivity index (χ3v) is 5.56. The number of hydrogen-bond donors (Lipinski definition) is 2. The number of halogens is 1.